The Hall–Kier alpha value is -4.01. The van der Waals surface area contributed by atoms with Crippen molar-refractivity contribution in [2.24, 2.45) is 5.41 Å². The first kappa shape index (κ1) is 28.2. The SMILES string of the molecule is COC(=O)C1=CC(S(=O)(=O)NC(=O)Nc2nc(C)cc(OC)n2)C(C(=O)N(C)C)(C(=O)N(C)C)C=C1. The molecule has 1 aromatic heterocycles. The van der Waals surface area contributed by atoms with Crippen molar-refractivity contribution >= 4 is 39.8 Å². The highest BCUT2D eigenvalue weighted by molar-refractivity contribution is 7.91. The molecule has 0 saturated heterocycles. The van der Waals surface area contributed by atoms with E-state index in [0.717, 1.165) is 35.1 Å². The van der Waals surface area contributed by atoms with E-state index in [0.29, 0.717) is 5.69 Å². The summed E-state index contributed by atoms with van der Waals surface area (Å²) in [6.07, 6.45) is 3.06. The van der Waals surface area contributed by atoms with Crippen molar-refractivity contribution < 1.29 is 37.1 Å². The van der Waals surface area contributed by atoms with E-state index in [1.807, 2.05) is 0 Å². The molecular formula is C21H28N6O8S. The number of hydrogen-bond acceptors (Lipinski definition) is 10. The van der Waals surface area contributed by atoms with Crippen LogP contribution in [-0.2, 0) is 29.1 Å². The number of nitrogens with one attached hydrogen (secondary N) is 2. The van der Waals surface area contributed by atoms with E-state index < -0.39 is 44.5 Å². The zero-order valence-electron chi connectivity index (χ0n) is 20.8. The number of urea groups is 1. The highest BCUT2D eigenvalue weighted by Crippen LogP contribution is 2.38. The second-order valence-electron chi connectivity index (χ2n) is 8.11. The number of esters is 1. The summed E-state index contributed by atoms with van der Waals surface area (Å²) in [4.78, 5) is 61.4. The first-order valence-electron chi connectivity index (χ1n) is 10.3. The number of sulfonamides is 1. The van der Waals surface area contributed by atoms with Crippen LogP contribution >= 0.6 is 0 Å². The molecule has 0 fully saturated rings. The molecule has 1 heterocycles. The standard InChI is InChI=1S/C21H28N6O8S/c1-12-10-15(34-6)23-19(22-12)24-20(31)25-36(32,33)14-11-13(16(28)35-7)8-9-21(14,17(29)26(2)3)18(30)27(4)5/h8-11,14H,1-7H3,(H2,22,23,24,25,31). The fourth-order valence-corrected chi connectivity index (χ4v) is 5.02. The Morgan fingerprint density at radius 3 is 2.11 bits per heavy atom. The average Bonchev–Trinajstić information content (AvgIpc) is 2.80. The van der Waals surface area contributed by atoms with E-state index in [4.69, 9.17) is 4.74 Å². The summed E-state index contributed by atoms with van der Waals surface area (Å²) >= 11 is 0. The quantitative estimate of drug-likeness (QED) is 0.347. The minimum absolute atomic E-state index is 0.121. The molecule has 15 heteroatoms. The van der Waals surface area contributed by atoms with Crippen molar-refractivity contribution in [1.82, 2.24) is 24.5 Å². The van der Waals surface area contributed by atoms with Gasteiger partial charge >= 0.3 is 12.0 Å². The molecule has 0 spiro atoms. The van der Waals surface area contributed by atoms with Crippen molar-refractivity contribution in [3.8, 4) is 5.88 Å². The number of ether oxygens (including phenoxy) is 2. The topological polar surface area (TPSA) is 177 Å². The zero-order valence-corrected chi connectivity index (χ0v) is 21.7. The molecule has 0 radical (unpaired) electrons. The minimum atomic E-state index is -4.85. The molecule has 2 rings (SSSR count). The Morgan fingerprint density at radius 2 is 1.61 bits per heavy atom. The third-order valence-corrected chi connectivity index (χ3v) is 6.73. The number of aryl methyl sites for hydroxylation is 1. The normalized spacial score (nSPS) is 16.3. The summed E-state index contributed by atoms with van der Waals surface area (Å²) in [5.74, 6) is -2.82. The molecule has 0 saturated carbocycles. The highest BCUT2D eigenvalue weighted by atomic mass is 32.2. The van der Waals surface area contributed by atoms with Crippen molar-refractivity contribution in [2.45, 2.75) is 12.2 Å². The van der Waals surface area contributed by atoms with E-state index in [2.05, 4.69) is 20.0 Å². The van der Waals surface area contributed by atoms with Gasteiger partial charge in [-0.05, 0) is 13.0 Å². The molecule has 1 aromatic rings. The molecule has 14 nitrogen and oxygen atoms in total. The lowest BCUT2D eigenvalue weighted by molar-refractivity contribution is -0.150. The Bertz CT molecular complexity index is 1220. The van der Waals surface area contributed by atoms with Gasteiger partial charge in [0, 0.05) is 40.0 Å². The maximum absolute atomic E-state index is 13.5. The summed E-state index contributed by atoms with van der Waals surface area (Å²) in [5, 5.41) is 0.170. The summed E-state index contributed by atoms with van der Waals surface area (Å²) in [7, 11) is 2.94. The van der Waals surface area contributed by atoms with Crippen LogP contribution in [0, 0.1) is 12.3 Å². The summed E-state index contributed by atoms with van der Waals surface area (Å²) in [6.45, 7) is 1.60. The lowest BCUT2D eigenvalue weighted by Gasteiger charge is -2.39. The fraction of sp³-hybridized carbons (Fsp3) is 0.429. The Labute approximate surface area is 208 Å². The van der Waals surface area contributed by atoms with E-state index in [1.165, 1.54) is 41.4 Å². The average molecular weight is 525 g/mol. The van der Waals surface area contributed by atoms with Crippen LogP contribution < -0.4 is 14.8 Å². The lowest BCUT2D eigenvalue weighted by Crippen LogP contribution is -2.60. The van der Waals surface area contributed by atoms with E-state index in [1.54, 1.807) is 11.6 Å². The predicted octanol–water partition coefficient (Wildman–Crippen LogP) is -0.554. The molecule has 0 aliphatic heterocycles. The number of carbonyl (C=O) groups excluding carboxylic acids is 4. The van der Waals surface area contributed by atoms with Gasteiger partial charge in [0.1, 0.15) is 5.25 Å². The number of aromatic nitrogens is 2. The maximum atomic E-state index is 13.5. The lowest BCUT2D eigenvalue weighted by atomic mass is 9.76. The van der Waals surface area contributed by atoms with Gasteiger partial charge in [0.2, 0.25) is 33.7 Å². The van der Waals surface area contributed by atoms with Crippen molar-refractivity contribution in [1.29, 1.82) is 0 Å². The molecular weight excluding hydrogens is 496 g/mol. The van der Waals surface area contributed by atoms with E-state index in [-0.39, 0.29) is 17.4 Å². The molecule has 1 aliphatic carbocycles. The van der Waals surface area contributed by atoms with Gasteiger partial charge in [0.05, 0.1) is 19.8 Å². The maximum Gasteiger partial charge on any atom is 0.337 e. The highest BCUT2D eigenvalue weighted by Gasteiger charge is 2.58. The molecule has 196 valence electrons. The molecule has 0 aromatic carbocycles. The second-order valence-corrected chi connectivity index (χ2v) is 9.91. The Kier molecular flexibility index (Phi) is 8.41. The first-order chi connectivity index (χ1) is 16.7. The van der Waals surface area contributed by atoms with Crippen LogP contribution in [0.1, 0.15) is 5.69 Å². The minimum Gasteiger partial charge on any atom is -0.481 e. The van der Waals surface area contributed by atoms with Gasteiger partial charge < -0.3 is 19.3 Å². The van der Waals surface area contributed by atoms with Gasteiger partial charge in [-0.1, -0.05) is 12.2 Å². The van der Waals surface area contributed by atoms with Gasteiger partial charge in [0.15, 0.2) is 5.41 Å². The predicted molar refractivity (Wildman–Crippen MR) is 127 cm³/mol. The summed E-state index contributed by atoms with van der Waals surface area (Å²) in [5.41, 5.74) is -2.14. The molecule has 1 atom stereocenters. The molecule has 1 unspecified atom stereocenters. The second kappa shape index (κ2) is 10.7. The first-order valence-corrected chi connectivity index (χ1v) is 11.9. The van der Waals surface area contributed by atoms with Gasteiger partial charge in [-0.15, -0.1) is 0 Å². The van der Waals surface area contributed by atoms with Crippen molar-refractivity contribution in [3.05, 3.63) is 35.6 Å². The molecule has 0 bridgehead atoms. The Balaban J connectivity index is 2.58. The number of amides is 4. The van der Waals surface area contributed by atoms with Crippen molar-refractivity contribution in [3.63, 3.8) is 0 Å². The number of nitrogens with zero attached hydrogens (tertiary/aromatic N) is 4. The van der Waals surface area contributed by atoms with Crippen LogP contribution in [0.25, 0.3) is 0 Å². The fourth-order valence-electron chi connectivity index (χ4n) is 3.49. The van der Waals surface area contributed by atoms with Crippen LogP contribution in [0.5, 0.6) is 5.88 Å². The zero-order chi connectivity index (χ0) is 27.4. The smallest absolute Gasteiger partial charge is 0.337 e. The molecule has 4 amide bonds. The Morgan fingerprint density at radius 1 is 1.03 bits per heavy atom. The third kappa shape index (κ3) is 5.62. The van der Waals surface area contributed by atoms with Crippen LogP contribution in [0.2, 0.25) is 0 Å². The third-order valence-electron chi connectivity index (χ3n) is 5.08. The molecule has 36 heavy (non-hydrogen) atoms. The van der Waals surface area contributed by atoms with Gasteiger partial charge in [-0.25, -0.2) is 27.7 Å². The largest absolute Gasteiger partial charge is 0.481 e. The van der Waals surface area contributed by atoms with E-state index in [9.17, 15) is 27.6 Å². The number of methoxy groups -OCH3 is 2. The number of rotatable bonds is 7. The number of anilines is 1. The number of hydrogen-bond donors (Lipinski definition) is 2. The molecule has 2 N–H and O–H groups in total. The van der Waals surface area contributed by atoms with Gasteiger partial charge in [0.25, 0.3) is 0 Å². The van der Waals surface area contributed by atoms with Crippen LogP contribution in [0.15, 0.2) is 29.9 Å². The van der Waals surface area contributed by atoms with Crippen LogP contribution in [0.3, 0.4) is 0 Å². The summed E-state index contributed by atoms with van der Waals surface area (Å²) in [6, 6.07) is 0.218. The monoisotopic (exact) mass is 524 g/mol. The van der Waals surface area contributed by atoms with Crippen LogP contribution in [-0.4, -0.2) is 99.7 Å². The van der Waals surface area contributed by atoms with Crippen LogP contribution in [0.4, 0.5) is 10.7 Å². The van der Waals surface area contributed by atoms with Gasteiger partial charge in [-0.3, -0.25) is 14.9 Å². The van der Waals surface area contributed by atoms with E-state index >= 15 is 0 Å². The summed E-state index contributed by atoms with van der Waals surface area (Å²) < 4.78 is 38.4. The van der Waals surface area contributed by atoms with Gasteiger partial charge in [-0.2, -0.15) is 4.98 Å². The van der Waals surface area contributed by atoms with Crippen molar-refractivity contribution in [2.75, 3.05) is 47.7 Å². The molecule has 1 aliphatic rings. The number of carbonyl (C=O) groups is 4.